The molecule has 8 heteroatoms. The molecule has 126 valence electrons. The zero-order valence-corrected chi connectivity index (χ0v) is 13.1. The number of halogens is 3. The molecule has 0 aliphatic rings. The Morgan fingerprint density at radius 3 is 2.54 bits per heavy atom. The summed E-state index contributed by atoms with van der Waals surface area (Å²) in [5.74, 6) is -3.29. The Labute approximate surface area is 141 Å². The molecule has 0 radical (unpaired) electrons. The van der Waals surface area contributed by atoms with Crippen LogP contribution in [0.25, 0.3) is 0 Å². The maximum Gasteiger partial charge on any atom is 0.257 e. The first-order chi connectivity index (χ1) is 11.4. The zero-order valence-electron chi connectivity index (χ0n) is 12.3. The van der Waals surface area contributed by atoms with Gasteiger partial charge in [0.25, 0.3) is 5.91 Å². The van der Waals surface area contributed by atoms with Crippen LogP contribution in [0.5, 0.6) is 5.75 Å². The van der Waals surface area contributed by atoms with Crippen LogP contribution < -0.4 is 15.8 Å². The second-order valence-electron chi connectivity index (χ2n) is 4.76. The van der Waals surface area contributed by atoms with E-state index in [0.717, 1.165) is 6.07 Å². The minimum Gasteiger partial charge on any atom is -0.491 e. The lowest BCUT2D eigenvalue weighted by molar-refractivity contribution is -0.118. The minimum absolute atomic E-state index is 0.0112. The van der Waals surface area contributed by atoms with Crippen LogP contribution in [0.2, 0.25) is 5.02 Å². The molecule has 5 nitrogen and oxygen atoms in total. The molecular formula is C16H13ClF2N2O3. The summed E-state index contributed by atoms with van der Waals surface area (Å²) in [5, 5.41) is 2.28. The number of benzene rings is 2. The number of hydrogen-bond donors (Lipinski definition) is 2. The van der Waals surface area contributed by atoms with Crippen molar-refractivity contribution in [2.45, 2.75) is 6.42 Å². The molecule has 0 fully saturated rings. The zero-order chi connectivity index (χ0) is 17.7. The predicted octanol–water partition coefficient (Wildman–Crippen LogP) is 3.12. The second kappa shape index (κ2) is 7.74. The molecule has 2 aromatic rings. The minimum atomic E-state index is -1.18. The number of primary amides is 1. The van der Waals surface area contributed by atoms with Gasteiger partial charge in [-0.1, -0.05) is 23.7 Å². The summed E-state index contributed by atoms with van der Waals surface area (Å²) in [4.78, 5) is 22.9. The van der Waals surface area contributed by atoms with Gasteiger partial charge in [0.1, 0.15) is 5.75 Å². The third kappa shape index (κ3) is 4.42. The van der Waals surface area contributed by atoms with Gasteiger partial charge in [-0.05, 0) is 24.3 Å². The van der Waals surface area contributed by atoms with Gasteiger partial charge in [0.2, 0.25) is 5.91 Å². The first kappa shape index (κ1) is 17.7. The van der Waals surface area contributed by atoms with E-state index in [1.165, 1.54) is 0 Å². The number of para-hydroxylation sites is 2. The molecule has 0 heterocycles. The van der Waals surface area contributed by atoms with Crippen molar-refractivity contribution >= 4 is 29.1 Å². The van der Waals surface area contributed by atoms with Crippen molar-refractivity contribution in [3.63, 3.8) is 0 Å². The fraction of sp³-hybridized carbons (Fsp3) is 0.125. The first-order valence-corrected chi connectivity index (χ1v) is 7.22. The summed E-state index contributed by atoms with van der Waals surface area (Å²) >= 11 is 5.77. The number of hydrogen-bond acceptors (Lipinski definition) is 3. The second-order valence-corrected chi connectivity index (χ2v) is 5.17. The molecule has 0 aliphatic carbocycles. The van der Waals surface area contributed by atoms with Crippen LogP contribution in [0.3, 0.4) is 0 Å². The van der Waals surface area contributed by atoms with Gasteiger partial charge in [0.05, 0.1) is 29.3 Å². The number of nitrogens with two attached hydrogens (primary N) is 1. The maximum atomic E-state index is 13.3. The van der Waals surface area contributed by atoms with Crippen LogP contribution in [-0.4, -0.2) is 18.4 Å². The van der Waals surface area contributed by atoms with E-state index >= 15 is 0 Å². The first-order valence-electron chi connectivity index (χ1n) is 6.84. The highest BCUT2D eigenvalue weighted by molar-refractivity contribution is 6.34. The van der Waals surface area contributed by atoms with E-state index in [9.17, 15) is 18.4 Å². The van der Waals surface area contributed by atoms with Gasteiger partial charge in [-0.25, -0.2) is 8.78 Å². The lowest BCUT2D eigenvalue weighted by Gasteiger charge is -2.12. The summed E-state index contributed by atoms with van der Waals surface area (Å²) in [6.07, 6.45) is 0.0112. The molecule has 0 atom stereocenters. The number of amides is 2. The Morgan fingerprint density at radius 2 is 1.83 bits per heavy atom. The molecule has 3 N–H and O–H groups in total. The molecule has 24 heavy (non-hydrogen) atoms. The summed E-state index contributed by atoms with van der Waals surface area (Å²) in [5.41, 5.74) is 5.09. The number of rotatable bonds is 6. The molecule has 2 amide bonds. The van der Waals surface area contributed by atoms with Gasteiger partial charge in [-0.2, -0.15) is 0 Å². The molecule has 0 bridgehead atoms. The van der Waals surface area contributed by atoms with E-state index in [-0.39, 0.29) is 29.3 Å². The number of ether oxygens (including phenoxy) is 1. The van der Waals surface area contributed by atoms with E-state index in [2.05, 4.69) is 5.32 Å². The fourth-order valence-corrected chi connectivity index (χ4v) is 2.08. The van der Waals surface area contributed by atoms with E-state index < -0.39 is 23.4 Å². The normalized spacial score (nSPS) is 10.3. The molecular weight excluding hydrogens is 342 g/mol. The molecule has 2 aromatic carbocycles. The number of nitrogens with one attached hydrogen (secondary N) is 1. The predicted molar refractivity (Wildman–Crippen MR) is 85.1 cm³/mol. The van der Waals surface area contributed by atoms with Crippen molar-refractivity contribution in [3.8, 4) is 5.75 Å². The topological polar surface area (TPSA) is 81.4 Å². The molecule has 0 saturated heterocycles. The Kier molecular flexibility index (Phi) is 5.70. The summed E-state index contributed by atoms with van der Waals surface area (Å²) < 4.78 is 31.7. The number of carbonyl (C=O) groups is 2. The van der Waals surface area contributed by atoms with E-state index in [4.69, 9.17) is 22.1 Å². The van der Waals surface area contributed by atoms with Gasteiger partial charge in [-0.15, -0.1) is 0 Å². The van der Waals surface area contributed by atoms with Crippen LogP contribution >= 0.6 is 11.6 Å². The van der Waals surface area contributed by atoms with Gasteiger partial charge in [0.15, 0.2) is 11.6 Å². The van der Waals surface area contributed by atoms with Crippen LogP contribution in [0.1, 0.15) is 16.8 Å². The van der Waals surface area contributed by atoms with E-state index in [0.29, 0.717) is 11.8 Å². The van der Waals surface area contributed by atoms with Crippen molar-refractivity contribution in [1.29, 1.82) is 0 Å². The van der Waals surface area contributed by atoms with Crippen molar-refractivity contribution in [2.24, 2.45) is 5.73 Å². The quantitative estimate of drug-likeness (QED) is 0.782. The molecule has 0 spiro atoms. The lowest BCUT2D eigenvalue weighted by atomic mass is 10.2. The van der Waals surface area contributed by atoms with Gasteiger partial charge in [-0.3, -0.25) is 9.59 Å². The molecule has 0 aliphatic heterocycles. The Morgan fingerprint density at radius 1 is 1.17 bits per heavy atom. The van der Waals surface area contributed by atoms with Crippen LogP contribution in [-0.2, 0) is 4.79 Å². The van der Waals surface area contributed by atoms with Gasteiger partial charge >= 0.3 is 0 Å². The van der Waals surface area contributed by atoms with Crippen LogP contribution in [0, 0.1) is 11.6 Å². The number of carbonyl (C=O) groups excluding carboxylic acids is 2. The average molecular weight is 355 g/mol. The smallest absolute Gasteiger partial charge is 0.257 e. The van der Waals surface area contributed by atoms with Gasteiger partial charge < -0.3 is 15.8 Å². The van der Waals surface area contributed by atoms with Crippen molar-refractivity contribution in [1.82, 2.24) is 0 Å². The van der Waals surface area contributed by atoms with Crippen molar-refractivity contribution in [2.75, 3.05) is 11.9 Å². The Hall–Kier alpha value is -2.67. The average Bonchev–Trinajstić information content (AvgIpc) is 2.52. The number of anilines is 1. The van der Waals surface area contributed by atoms with E-state index in [1.54, 1.807) is 24.3 Å². The Bertz CT molecular complexity index is 784. The third-order valence-corrected chi connectivity index (χ3v) is 3.31. The maximum absolute atomic E-state index is 13.3. The van der Waals surface area contributed by atoms with Crippen molar-refractivity contribution in [3.05, 3.63) is 58.6 Å². The fourth-order valence-electron chi connectivity index (χ4n) is 1.84. The Balaban J connectivity index is 2.17. The summed E-state index contributed by atoms with van der Waals surface area (Å²) in [7, 11) is 0. The lowest BCUT2D eigenvalue weighted by Crippen LogP contribution is -2.16. The largest absolute Gasteiger partial charge is 0.491 e. The highest BCUT2D eigenvalue weighted by Gasteiger charge is 2.16. The highest BCUT2D eigenvalue weighted by Crippen LogP contribution is 2.26. The van der Waals surface area contributed by atoms with Crippen molar-refractivity contribution < 1.29 is 23.1 Å². The third-order valence-electron chi connectivity index (χ3n) is 3.00. The molecule has 0 unspecified atom stereocenters. The summed E-state index contributed by atoms with van der Waals surface area (Å²) in [6.45, 7) is 0.0359. The van der Waals surface area contributed by atoms with Crippen LogP contribution in [0.4, 0.5) is 14.5 Å². The molecule has 0 saturated carbocycles. The standard InChI is InChI=1S/C16H13ClF2N2O3/c17-10-8-12(19)11(18)7-9(10)16(23)21-13-3-1-2-4-14(13)24-6-5-15(20)22/h1-4,7-8H,5-6H2,(H2,20,22)(H,21,23). The van der Waals surface area contributed by atoms with Crippen LogP contribution in [0.15, 0.2) is 36.4 Å². The summed E-state index contributed by atoms with van der Waals surface area (Å²) in [6, 6.07) is 7.86. The molecule has 0 aromatic heterocycles. The SMILES string of the molecule is NC(=O)CCOc1ccccc1NC(=O)c1cc(F)c(F)cc1Cl. The monoisotopic (exact) mass is 354 g/mol. The molecule has 2 rings (SSSR count). The van der Waals surface area contributed by atoms with E-state index in [1.807, 2.05) is 0 Å². The highest BCUT2D eigenvalue weighted by atomic mass is 35.5. The van der Waals surface area contributed by atoms with Gasteiger partial charge in [0, 0.05) is 0 Å².